The lowest BCUT2D eigenvalue weighted by atomic mass is 9.98. The van der Waals surface area contributed by atoms with Crippen LogP contribution in [0, 0.1) is 5.92 Å². The van der Waals surface area contributed by atoms with Crippen LogP contribution in [0.4, 0.5) is 0 Å². The summed E-state index contributed by atoms with van der Waals surface area (Å²) in [6.45, 7) is 1.42. The lowest BCUT2D eigenvalue weighted by Gasteiger charge is -2.21. The highest BCUT2D eigenvalue weighted by Crippen LogP contribution is 2.28. The smallest absolute Gasteiger partial charge is 0.328 e. The van der Waals surface area contributed by atoms with E-state index in [1.807, 2.05) is 0 Å². The molecule has 0 aromatic carbocycles. The number of carbonyl (C=O) groups excluding carboxylic acids is 2. The topological polar surface area (TPSA) is 55.4 Å². The first-order valence-corrected chi connectivity index (χ1v) is 5.00. The molecule has 0 heterocycles. The molecule has 1 atom stereocenters. The van der Waals surface area contributed by atoms with Crippen molar-refractivity contribution in [1.82, 2.24) is 5.32 Å². The maximum atomic E-state index is 11.4. The summed E-state index contributed by atoms with van der Waals surface area (Å²) in [5.41, 5.74) is 0. The summed E-state index contributed by atoms with van der Waals surface area (Å²) < 4.78 is 4.67. The zero-order valence-electron chi connectivity index (χ0n) is 8.71. The Morgan fingerprint density at radius 3 is 2.36 bits per heavy atom. The van der Waals surface area contributed by atoms with Crippen molar-refractivity contribution >= 4 is 11.9 Å². The first-order valence-electron chi connectivity index (χ1n) is 5.00. The zero-order valence-corrected chi connectivity index (χ0v) is 8.71. The van der Waals surface area contributed by atoms with Crippen LogP contribution in [-0.4, -0.2) is 25.0 Å². The summed E-state index contributed by atoms with van der Waals surface area (Å²) >= 11 is 0. The summed E-state index contributed by atoms with van der Waals surface area (Å²) in [6.07, 6.45) is 4.27. The minimum absolute atomic E-state index is 0.174. The molecule has 0 radical (unpaired) electrons. The number of esters is 1. The lowest BCUT2D eigenvalue weighted by molar-refractivity contribution is -0.146. The number of amides is 1. The third-order valence-corrected chi connectivity index (χ3v) is 2.69. The molecule has 0 saturated heterocycles. The second-order valence-corrected chi connectivity index (χ2v) is 3.75. The summed E-state index contributed by atoms with van der Waals surface area (Å²) in [5.74, 6) is -0.245. The molecule has 80 valence electrons. The van der Waals surface area contributed by atoms with Crippen LogP contribution in [0.1, 0.15) is 32.6 Å². The highest BCUT2D eigenvalue weighted by atomic mass is 16.5. The number of nitrogens with one attached hydrogen (secondary N) is 1. The van der Waals surface area contributed by atoms with Gasteiger partial charge in [0, 0.05) is 6.92 Å². The fraction of sp³-hybridized carbons (Fsp3) is 0.800. The third kappa shape index (κ3) is 2.72. The standard InChI is InChI=1S/C10H17NO3/c1-7(12)11-9(10(13)14-2)8-5-3-4-6-8/h8-9H,3-6H2,1-2H3,(H,11,12). The molecule has 1 rings (SSSR count). The van der Waals surface area contributed by atoms with E-state index in [1.165, 1.54) is 14.0 Å². The Balaban J connectivity index is 2.59. The Morgan fingerprint density at radius 2 is 1.93 bits per heavy atom. The Morgan fingerprint density at radius 1 is 1.36 bits per heavy atom. The third-order valence-electron chi connectivity index (χ3n) is 2.69. The highest BCUT2D eigenvalue weighted by Gasteiger charge is 2.31. The van der Waals surface area contributed by atoms with E-state index < -0.39 is 6.04 Å². The van der Waals surface area contributed by atoms with Crippen molar-refractivity contribution in [3.63, 3.8) is 0 Å². The number of ether oxygens (including phenoxy) is 1. The Kier molecular flexibility index (Phi) is 3.92. The predicted molar refractivity (Wildman–Crippen MR) is 51.6 cm³/mol. The summed E-state index contributed by atoms with van der Waals surface area (Å²) in [4.78, 5) is 22.3. The van der Waals surface area contributed by atoms with Crippen LogP contribution in [0.5, 0.6) is 0 Å². The van der Waals surface area contributed by atoms with E-state index in [4.69, 9.17) is 0 Å². The quantitative estimate of drug-likeness (QED) is 0.686. The molecule has 4 heteroatoms. The van der Waals surface area contributed by atoms with Gasteiger partial charge in [-0.25, -0.2) is 4.79 Å². The molecule has 1 saturated carbocycles. The average molecular weight is 199 g/mol. The molecule has 0 aromatic rings. The normalized spacial score (nSPS) is 19.0. The van der Waals surface area contributed by atoms with Crippen molar-refractivity contribution in [3.8, 4) is 0 Å². The summed E-state index contributed by atoms with van der Waals surface area (Å²) in [7, 11) is 1.35. The second-order valence-electron chi connectivity index (χ2n) is 3.75. The summed E-state index contributed by atoms with van der Waals surface area (Å²) in [5, 5.41) is 2.66. The lowest BCUT2D eigenvalue weighted by Crippen LogP contribution is -2.45. The molecule has 0 aromatic heterocycles. The number of methoxy groups -OCH3 is 1. The largest absolute Gasteiger partial charge is 0.467 e. The van der Waals surface area contributed by atoms with Crippen LogP contribution in [0.15, 0.2) is 0 Å². The fourth-order valence-electron chi connectivity index (χ4n) is 2.01. The van der Waals surface area contributed by atoms with E-state index >= 15 is 0 Å². The van der Waals surface area contributed by atoms with Crippen LogP contribution in [0.3, 0.4) is 0 Å². The molecule has 0 spiro atoms. The Hall–Kier alpha value is -1.06. The van der Waals surface area contributed by atoms with Crippen molar-refractivity contribution < 1.29 is 14.3 Å². The van der Waals surface area contributed by atoms with Gasteiger partial charge in [0.15, 0.2) is 0 Å². The van der Waals surface area contributed by atoms with Crippen LogP contribution in [0.2, 0.25) is 0 Å². The number of hydrogen-bond donors (Lipinski definition) is 1. The van der Waals surface area contributed by atoms with Gasteiger partial charge in [0.1, 0.15) is 6.04 Å². The van der Waals surface area contributed by atoms with Gasteiger partial charge in [-0.1, -0.05) is 12.8 Å². The molecular formula is C10H17NO3. The Labute approximate surface area is 84.0 Å². The molecule has 1 aliphatic carbocycles. The SMILES string of the molecule is COC(=O)C(NC(C)=O)C1CCCC1. The van der Waals surface area contributed by atoms with Gasteiger partial charge < -0.3 is 10.1 Å². The molecule has 1 fully saturated rings. The van der Waals surface area contributed by atoms with Crippen molar-refractivity contribution in [3.05, 3.63) is 0 Å². The van der Waals surface area contributed by atoms with E-state index in [0.717, 1.165) is 25.7 Å². The van der Waals surface area contributed by atoms with E-state index in [-0.39, 0.29) is 17.8 Å². The monoisotopic (exact) mass is 199 g/mol. The average Bonchev–Trinajstić information content (AvgIpc) is 2.65. The van der Waals surface area contributed by atoms with Gasteiger partial charge in [0.05, 0.1) is 7.11 Å². The van der Waals surface area contributed by atoms with Gasteiger partial charge in [0.25, 0.3) is 0 Å². The van der Waals surface area contributed by atoms with Gasteiger partial charge in [-0.2, -0.15) is 0 Å². The van der Waals surface area contributed by atoms with Gasteiger partial charge in [-0.3, -0.25) is 4.79 Å². The molecule has 0 bridgehead atoms. The van der Waals surface area contributed by atoms with Crippen molar-refractivity contribution in [1.29, 1.82) is 0 Å². The van der Waals surface area contributed by atoms with Crippen molar-refractivity contribution in [2.45, 2.75) is 38.6 Å². The molecule has 4 nitrogen and oxygen atoms in total. The molecule has 1 aliphatic rings. The van der Waals surface area contributed by atoms with Gasteiger partial charge in [-0.15, -0.1) is 0 Å². The molecule has 1 unspecified atom stereocenters. The van der Waals surface area contributed by atoms with Crippen LogP contribution < -0.4 is 5.32 Å². The molecule has 0 aliphatic heterocycles. The summed E-state index contributed by atoms with van der Waals surface area (Å²) in [6, 6.07) is -0.444. The first kappa shape index (κ1) is 11.0. The van der Waals surface area contributed by atoms with E-state index in [1.54, 1.807) is 0 Å². The van der Waals surface area contributed by atoms with Gasteiger partial charge in [-0.05, 0) is 18.8 Å². The zero-order chi connectivity index (χ0) is 10.6. The maximum Gasteiger partial charge on any atom is 0.328 e. The van der Waals surface area contributed by atoms with Gasteiger partial charge >= 0.3 is 5.97 Å². The van der Waals surface area contributed by atoms with Crippen molar-refractivity contribution in [2.24, 2.45) is 5.92 Å². The minimum Gasteiger partial charge on any atom is -0.467 e. The van der Waals surface area contributed by atoms with E-state index in [0.29, 0.717) is 0 Å². The van der Waals surface area contributed by atoms with Crippen LogP contribution in [0.25, 0.3) is 0 Å². The maximum absolute atomic E-state index is 11.4. The van der Waals surface area contributed by atoms with Crippen LogP contribution >= 0.6 is 0 Å². The molecule has 14 heavy (non-hydrogen) atoms. The number of carbonyl (C=O) groups is 2. The molecule has 1 amide bonds. The number of hydrogen-bond acceptors (Lipinski definition) is 3. The van der Waals surface area contributed by atoms with Crippen LogP contribution in [-0.2, 0) is 14.3 Å². The molecular weight excluding hydrogens is 182 g/mol. The second kappa shape index (κ2) is 4.98. The number of rotatable bonds is 3. The minimum atomic E-state index is -0.444. The van der Waals surface area contributed by atoms with E-state index in [9.17, 15) is 9.59 Å². The Bertz CT molecular complexity index is 221. The molecule has 1 N–H and O–H groups in total. The first-order chi connectivity index (χ1) is 6.65. The van der Waals surface area contributed by atoms with Gasteiger partial charge in [0.2, 0.25) is 5.91 Å². The fourth-order valence-corrected chi connectivity index (χ4v) is 2.01. The predicted octanol–water partition coefficient (Wildman–Crippen LogP) is 0.854. The van der Waals surface area contributed by atoms with E-state index in [2.05, 4.69) is 10.1 Å². The van der Waals surface area contributed by atoms with Crippen molar-refractivity contribution in [2.75, 3.05) is 7.11 Å². The highest BCUT2D eigenvalue weighted by molar-refractivity contribution is 5.83.